The lowest BCUT2D eigenvalue weighted by atomic mass is 10.2. The Labute approximate surface area is 147 Å². The molecule has 9 heteroatoms. The molecule has 7 nitrogen and oxygen atoms in total. The molecule has 0 bridgehead atoms. The number of aromatic nitrogens is 3. The zero-order valence-electron chi connectivity index (χ0n) is 12.1. The third-order valence-electron chi connectivity index (χ3n) is 2.98. The number of nitrogen functional groups attached to an aromatic ring is 1. The van der Waals surface area contributed by atoms with E-state index in [0.29, 0.717) is 17.5 Å². The molecule has 120 valence electrons. The number of hydrogen-bond acceptors (Lipinski definition) is 6. The van der Waals surface area contributed by atoms with Crippen LogP contribution in [-0.2, 0) is 0 Å². The van der Waals surface area contributed by atoms with Crippen LogP contribution in [-0.4, -0.2) is 21.1 Å². The van der Waals surface area contributed by atoms with Crippen molar-refractivity contribution in [2.75, 3.05) is 11.3 Å². The number of benzene rings is 1. The maximum Gasteiger partial charge on any atom is 0.263 e. The molecular formula is C14H14BrClN6O. The van der Waals surface area contributed by atoms with Crippen molar-refractivity contribution in [3.8, 4) is 11.3 Å². The average molecular weight is 398 g/mol. The van der Waals surface area contributed by atoms with E-state index in [-0.39, 0.29) is 12.4 Å². The molecule has 0 amide bonds. The molecule has 0 aliphatic heterocycles. The highest BCUT2D eigenvalue weighted by molar-refractivity contribution is 9.10. The number of furan rings is 1. The van der Waals surface area contributed by atoms with Crippen LogP contribution in [0.5, 0.6) is 0 Å². The standard InChI is InChI=1S/C14H13BrN6O.ClH/c1-9-18-20-14(21(9)16)19-17-8-12-6-7-13(22-12)10-2-4-11(15)5-3-10;/h2-8H,16H2,1H3,(H,19,20);1H/b17-8+;. The van der Waals surface area contributed by atoms with Crippen molar-refractivity contribution in [3.05, 3.63) is 52.5 Å². The van der Waals surface area contributed by atoms with E-state index < -0.39 is 0 Å². The van der Waals surface area contributed by atoms with E-state index >= 15 is 0 Å². The van der Waals surface area contributed by atoms with Gasteiger partial charge in [0.2, 0.25) is 0 Å². The van der Waals surface area contributed by atoms with Gasteiger partial charge < -0.3 is 10.3 Å². The largest absolute Gasteiger partial charge is 0.455 e. The van der Waals surface area contributed by atoms with Crippen molar-refractivity contribution >= 4 is 40.5 Å². The highest BCUT2D eigenvalue weighted by Crippen LogP contribution is 2.23. The van der Waals surface area contributed by atoms with Crippen LogP contribution < -0.4 is 11.3 Å². The minimum absolute atomic E-state index is 0. The van der Waals surface area contributed by atoms with Crippen LogP contribution >= 0.6 is 28.3 Å². The molecule has 0 aliphatic rings. The first-order valence-corrected chi connectivity index (χ1v) is 7.25. The Bertz CT molecular complexity index is 811. The van der Waals surface area contributed by atoms with E-state index in [9.17, 15) is 0 Å². The average Bonchev–Trinajstić information content (AvgIpc) is 3.10. The fourth-order valence-corrected chi connectivity index (χ4v) is 2.06. The van der Waals surface area contributed by atoms with Gasteiger partial charge in [-0.2, -0.15) is 5.10 Å². The predicted octanol–water partition coefficient (Wildman–Crippen LogP) is 3.19. The van der Waals surface area contributed by atoms with Gasteiger partial charge in [-0.15, -0.1) is 22.6 Å². The van der Waals surface area contributed by atoms with E-state index in [1.54, 1.807) is 13.1 Å². The minimum Gasteiger partial charge on any atom is -0.455 e. The monoisotopic (exact) mass is 396 g/mol. The molecule has 3 aromatic rings. The molecule has 3 N–H and O–H groups in total. The topological polar surface area (TPSA) is 94.3 Å². The molecule has 0 fully saturated rings. The van der Waals surface area contributed by atoms with Gasteiger partial charge in [-0.1, -0.05) is 28.1 Å². The maximum atomic E-state index is 5.70. The maximum absolute atomic E-state index is 5.70. The van der Waals surface area contributed by atoms with Gasteiger partial charge in [-0.25, -0.2) is 10.1 Å². The molecule has 23 heavy (non-hydrogen) atoms. The number of aryl methyl sites for hydroxylation is 1. The lowest BCUT2D eigenvalue weighted by Gasteiger charge is -1.98. The smallest absolute Gasteiger partial charge is 0.263 e. The van der Waals surface area contributed by atoms with Gasteiger partial charge in [-0.05, 0) is 31.2 Å². The van der Waals surface area contributed by atoms with E-state index in [4.69, 9.17) is 10.3 Å². The summed E-state index contributed by atoms with van der Waals surface area (Å²) in [5.41, 5.74) is 3.70. The second-order valence-corrected chi connectivity index (χ2v) is 5.44. The molecular weight excluding hydrogens is 384 g/mol. The Morgan fingerprint density at radius 2 is 1.96 bits per heavy atom. The van der Waals surface area contributed by atoms with Crippen molar-refractivity contribution in [1.29, 1.82) is 0 Å². The molecule has 0 spiro atoms. The fraction of sp³-hybridized carbons (Fsp3) is 0.0714. The number of hydrogen-bond donors (Lipinski definition) is 2. The fourth-order valence-electron chi connectivity index (χ4n) is 1.79. The SMILES string of the molecule is Cc1nnc(N/N=C/c2ccc(-c3ccc(Br)cc3)o2)n1N.Cl. The van der Waals surface area contributed by atoms with Gasteiger partial charge in [0.25, 0.3) is 5.95 Å². The Balaban J connectivity index is 0.00000192. The number of nitrogens with one attached hydrogen (secondary N) is 1. The van der Waals surface area contributed by atoms with Gasteiger partial charge in [0.1, 0.15) is 11.5 Å². The first-order chi connectivity index (χ1) is 10.6. The minimum atomic E-state index is 0. The van der Waals surface area contributed by atoms with E-state index in [2.05, 4.69) is 36.7 Å². The molecule has 2 aromatic heterocycles. The van der Waals surface area contributed by atoms with Crippen LogP contribution in [0.1, 0.15) is 11.6 Å². The van der Waals surface area contributed by atoms with Crippen molar-refractivity contribution in [2.45, 2.75) is 6.92 Å². The van der Waals surface area contributed by atoms with Gasteiger partial charge in [-0.3, -0.25) is 0 Å². The van der Waals surface area contributed by atoms with Crippen LogP contribution in [0.2, 0.25) is 0 Å². The van der Waals surface area contributed by atoms with Crippen molar-refractivity contribution < 1.29 is 4.42 Å². The quantitative estimate of drug-likeness (QED) is 0.400. The van der Waals surface area contributed by atoms with Crippen LogP contribution in [0.25, 0.3) is 11.3 Å². The molecule has 0 radical (unpaired) electrons. The van der Waals surface area contributed by atoms with Crippen molar-refractivity contribution in [3.63, 3.8) is 0 Å². The summed E-state index contributed by atoms with van der Waals surface area (Å²) in [5, 5.41) is 11.7. The molecule has 2 heterocycles. The summed E-state index contributed by atoms with van der Waals surface area (Å²) < 4.78 is 8.04. The summed E-state index contributed by atoms with van der Waals surface area (Å²) in [6.45, 7) is 1.75. The van der Waals surface area contributed by atoms with Crippen LogP contribution in [0, 0.1) is 6.92 Å². The number of rotatable bonds is 4. The number of halogens is 2. The van der Waals surface area contributed by atoms with E-state index in [1.165, 1.54) is 4.68 Å². The van der Waals surface area contributed by atoms with Gasteiger partial charge in [0.05, 0.1) is 6.21 Å². The highest BCUT2D eigenvalue weighted by Gasteiger charge is 2.05. The first-order valence-electron chi connectivity index (χ1n) is 6.45. The lowest BCUT2D eigenvalue weighted by molar-refractivity contribution is 0.575. The molecule has 0 aliphatic carbocycles. The van der Waals surface area contributed by atoms with Crippen molar-refractivity contribution in [2.24, 2.45) is 5.10 Å². The second-order valence-electron chi connectivity index (χ2n) is 4.52. The number of nitrogens with two attached hydrogens (primary N) is 1. The third kappa shape index (κ3) is 3.91. The molecule has 0 unspecified atom stereocenters. The summed E-state index contributed by atoms with van der Waals surface area (Å²) in [4.78, 5) is 0. The summed E-state index contributed by atoms with van der Waals surface area (Å²) in [7, 11) is 0. The van der Waals surface area contributed by atoms with E-state index in [0.717, 1.165) is 15.8 Å². The zero-order chi connectivity index (χ0) is 15.5. The Hall–Kier alpha value is -2.32. The molecule has 0 saturated carbocycles. The zero-order valence-corrected chi connectivity index (χ0v) is 14.5. The van der Waals surface area contributed by atoms with Crippen molar-refractivity contribution in [1.82, 2.24) is 14.9 Å². The molecule has 0 saturated heterocycles. The first kappa shape index (κ1) is 17.0. The van der Waals surface area contributed by atoms with Gasteiger partial charge in [0.15, 0.2) is 5.82 Å². The summed E-state index contributed by atoms with van der Waals surface area (Å²) in [6.07, 6.45) is 1.55. The summed E-state index contributed by atoms with van der Waals surface area (Å²) >= 11 is 3.40. The Kier molecular flexibility index (Phi) is 5.41. The van der Waals surface area contributed by atoms with E-state index in [1.807, 2.05) is 36.4 Å². The third-order valence-corrected chi connectivity index (χ3v) is 3.51. The van der Waals surface area contributed by atoms with Crippen LogP contribution in [0.15, 0.2) is 50.4 Å². The lowest BCUT2D eigenvalue weighted by Crippen LogP contribution is -2.13. The van der Waals surface area contributed by atoms with Gasteiger partial charge in [0, 0.05) is 10.0 Å². The van der Waals surface area contributed by atoms with Gasteiger partial charge >= 0.3 is 0 Å². The Morgan fingerprint density at radius 1 is 1.22 bits per heavy atom. The summed E-state index contributed by atoms with van der Waals surface area (Å²) in [5.74, 6) is 8.03. The molecule has 0 atom stereocenters. The summed E-state index contributed by atoms with van der Waals surface area (Å²) in [6, 6.07) is 11.6. The predicted molar refractivity (Wildman–Crippen MR) is 95.2 cm³/mol. The normalized spacial score (nSPS) is 10.7. The molecule has 3 rings (SSSR count). The number of hydrazone groups is 1. The second kappa shape index (κ2) is 7.30. The Morgan fingerprint density at radius 3 is 2.61 bits per heavy atom. The number of nitrogens with zero attached hydrogens (tertiary/aromatic N) is 4. The highest BCUT2D eigenvalue weighted by atomic mass is 79.9. The van der Waals surface area contributed by atoms with Crippen LogP contribution in [0.3, 0.4) is 0 Å². The number of anilines is 1. The van der Waals surface area contributed by atoms with Crippen LogP contribution in [0.4, 0.5) is 5.95 Å². The molecule has 1 aromatic carbocycles.